The highest BCUT2D eigenvalue weighted by Crippen LogP contribution is 2.20. The molecule has 6 nitrogen and oxygen atoms in total. The van der Waals surface area contributed by atoms with Crippen LogP contribution in [0.2, 0.25) is 0 Å². The van der Waals surface area contributed by atoms with E-state index in [9.17, 15) is 4.79 Å². The van der Waals surface area contributed by atoms with Crippen molar-refractivity contribution in [2.75, 3.05) is 24.3 Å². The van der Waals surface area contributed by atoms with Crippen LogP contribution in [0.1, 0.15) is 26.5 Å². The van der Waals surface area contributed by atoms with Gasteiger partial charge in [-0.05, 0) is 18.2 Å². The molecule has 0 aliphatic rings. The van der Waals surface area contributed by atoms with Crippen LogP contribution in [0.4, 0.5) is 17.3 Å². The van der Waals surface area contributed by atoms with E-state index in [2.05, 4.69) is 20.5 Å². The predicted molar refractivity (Wildman–Crippen MR) is 85.4 cm³/mol. The monoisotopic (exact) mass is 287 g/mol. The van der Waals surface area contributed by atoms with E-state index in [-0.39, 0.29) is 11.0 Å². The highest BCUT2D eigenvalue weighted by Gasteiger charge is 2.20. The molecule has 0 unspecified atom stereocenters. The van der Waals surface area contributed by atoms with Crippen LogP contribution in [-0.4, -0.2) is 29.3 Å². The normalized spacial score (nSPS) is 11.3. The minimum absolute atomic E-state index is 0.219. The molecule has 0 atom stereocenters. The summed E-state index contributed by atoms with van der Waals surface area (Å²) in [6.07, 6.45) is 0. The minimum atomic E-state index is -0.329. The maximum absolute atomic E-state index is 12.0. The molecule has 0 saturated heterocycles. The van der Waals surface area contributed by atoms with Gasteiger partial charge in [0.25, 0.3) is 5.56 Å². The fourth-order valence-corrected chi connectivity index (χ4v) is 1.88. The van der Waals surface area contributed by atoms with E-state index >= 15 is 0 Å². The number of benzene rings is 1. The lowest BCUT2D eigenvalue weighted by Gasteiger charge is -2.16. The second-order valence-corrected chi connectivity index (χ2v) is 6.17. The van der Waals surface area contributed by atoms with Gasteiger partial charge in [0, 0.05) is 30.9 Å². The Bertz CT molecular complexity index is 685. The highest BCUT2D eigenvalue weighted by atomic mass is 16.1. The van der Waals surface area contributed by atoms with Crippen LogP contribution in [0.25, 0.3) is 0 Å². The van der Waals surface area contributed by atoms with Crippen molar-refractivity contribution in [2.45, 2.75) is 26.2 Å². The van der Waals surface area contributed by atoms with Gasteiger partial charge in [-0.3, -0.25) is 9.78 Å². The Balaban J connectivity index is 2.27. The fourth-order valence-electron chi connectivity index (χ4n) is 1.88. The zero-order valence-corrected chi connectivity index (χ0v) is 13.1. The van der Waals surface area contributed by atoms with E-state index in [1.165, 1.54) is 0 Å². The Morgan fingerprint density at radius 1 is 1.19 bits per heavy atom. The summed E-state index contributed by atoms with van der Waals surface area (Å²) in [5.41, 5.74) is 1.78. The van der Waals surface area contributed by atoms with E-state index in [0.717, 1.165) is 11.4 Å². The van der Waals surface area contributed by atoms with Gasteiger partial charge in [0.2, 0.25) is 5.95 Å². The van der Waals surface area contributed by atoms with Crippen LogP contribution >= 0.6 is 0 Å². The SMILES string of the molecule is CN(C)c1cccc(Nc2nnc(C(C)(C)C)c(=O)[nH]2)c1. The van der Waals surface area contributed by atoms with Crippen molar-refractivity contribution in [3.8, 4) is 0 Å². The van der Waals surface area contributed by atoms with Crippen molar-refractivity contribution in [3.63, 3.8) is 0 Å². The van der Waals surface area contributed by atoms with Gasteiger partial charge in [-0.2, -0.15) is 0 Å². The summed E-state index contributed by atoms with van der Waals surface area (Å²) in [7, 11) is 3.94. The topological polar surface area (TPSA) is 73.9 Å². The van der Waals surface area contributed by atoms with E-state index in [0.29, 0.717) is 11.6 Å². The molecule has 2 rings (SSSR count). The van der Waals surface area contributed by atoms with Crippen molar-refractivity contribution in [2.24, 2.45) is 0 Å². The molecule has 0 fully saturated rings. The molecule has 0 saturated carbocycles. The van der Waals surface area contributed by atoms with Crippen molar-refractivity contribution >= 4 is 17.3 Å². The predicted octanol–water partition coefficient (Wildman–Crippen LogP) is 2.27. The second kappa shape index (κ2) is 5.55. The average molecular weight is 287 g/mol. The molecule has 1 aromatic carbocycles. The lowest BCUT2D eigenvalue weighted by atomic mass is 9.93. The summed E-state index contributed by atoms with van der Waals surface area (Å²) >= 11 is 0. The molecule has 1 aromatic heterocycles. The smallest absolute Gasteiger partial charge is 0.274 e. The average Bonchev–Trinajstić information content (AvgIpc) is 2.37. The standard InChI is InChI=1S/C15H21N5O/c1-15(2,3)12-13(21)17-14(19-18-12)16-10-7-6-8-11(9-10)20(4)5/h6-9H,1-5H3,(H2,16,17,19,21). The Labute approximate surface area is 124 Å². The van der Waals surface area contributed by atoms with E-state index in [1.807, 2.05) is 64.0 Å². The molecule has 0 amide bonds. The third-order valence-corrected chi connectivity index (χ3v) is 3.03. The van der Waals surface area contributed by atoms with Gasteiger partial charge in [-0.15, -0.1) is 10.2 Å². The first-order valence-electron chi connectivity index (χ1n) is 6.79. The maximum atomic E-state index is 12.0. The summed E-state index contributed by atoms with van der Waals surface area (Å²) in [6.45, 7) is 5.79. The largest absolute Gasteiger partial charge is 0.378 e. The number of nitrogens with one attached hydrogen (secondary N) is 2. The molecule has 112 valence electrons. The first kappa shape index (κ1) is 15.0. The number of aromatic amines is 1. The quantitative estimate of drug-likeness (QED) is 0.906. The lowest BCUT2D eigenvalue weighted by Crippen LogP contribution is -2.28. The first-order valence-corrected chi connectivity index (χ1v) is 6.79. The first-order chi connectivity index (χ1) is 9.77. The van der Waals surface area contributed by atoms with Crippen molar-refractivity contribution in [1.29, 1.82) is 0 Å². The van der Waals surface area contributed by atoms with Crippen LogP contribution in [-0.2, 0) is 5.41 Å². The summed E-state index contributed by atoms with van der Waals surface area (Å²) < 4.78 is 0. The summed E-state index contributed by atoms with van der Waals surface area (Å²) in [5.74, 6) is 0.337. The van der Waals surface area contributed by atoms with Crippen LogP contribution < -0.4 is 15.8 Å². The molecular weight excluding hydrogens is 266 g/mol. The molecule has 6 heteroatoms. The Morgan fingerprint density at radius 3 is 2.48 bits per heavy atom. The minimum Gasteiger partial charge on any atom is -0.378 e. The van der Waals surface area contributed by atoms with Gasteiger partial charge >= 0.3 is 0 Å². The van der Waals surface area contributed by atoms with Crippen LogP contribution in [0.3, 0.4) is 0 Å². The molecule has 0 aliphatic heterocycles. The van der Waals surface area contributed by atoms with E-state index in [1.54, 1.807) is 0 Å². The number of rotatable bonds is 3. The molecular formula is C15H21N5O. The summed E-state index contributed by atoms with van der Waals surface area (Å²) in [6, 6.07) is 7.82. The number of hydrogen-bond donors (Lipinski definition) is 2. The lowest BCUT2D eigenvalue weighted by molar-refractivity contribution is 0.547. The van der Waals surface area contributed by atoms with Crippen LogP contribution in [0.5, 0.6) is 0 Å². The van der Waals surface area contributed by atoms with Crippen molar-refractivity contribution in [1.82, 2.24) is 15.2 Å². The van der Waals surface area contributed by atoms with Crippen LogP contribution in [0.15, 0.2) is 29.1 Å². The van der Waals surface area contributed by atoms with Gasteiger partial charge in [-0.25, -0.2) is 0 Å². The molecule has 2 aromatic rings. The molecule has 0 spiro atoms. The Kier molecular flexibility index (Phi) is 3.97. The van der Waals surface area contributed by atoms with Gasteiger partial charge in [0.15, 0.2) is 0 Å². The van der Waals surface area contributed by atoms with Gasteiger partial charge in [0.05, 0.1) is 0 Å². The van der Waals surface area contributed by atoms with E-state index < -0.39 is 0 Å². The maximum Gasteiger partial charge on any atom is 0.274 e. The fraction of sp³-hybridized carbons (Fsp3) is 0.400. The third kappa shape index (κ3) is 3.59. The molecule has 0 radical (unpaired) electrons. The number of anilines is 3. The zero-order chi connectivity index (χ0) is 15.6. The van der Waals surface area contributed by atoms with Crippen LogP contribution in [0, 0.1) is 0 Å². The summed E-state index contributed by atoms with van der Waals surface area (Å²) in [4.78, 5) is 16.8. The van der Waals surface area contributed by atoms with Crippen molar-refractivity contribution in [3.05, 3.63) is 40.3 Å². The molecule has 2 N–H and O–H groups in total. The van der Waals surface area contributed by atoms with Gasteiger partial charge in [0.1, 0.15) is 5.69 Å². The number of nitrogens with zero attached hydrogens (tertiary/aromatic N) is 3. The van der Waals surface area contributed by atoms with Gasteiger partial charge in [-0.1, -0.05) is 26.8 Å². The third-order valence-electron chi connectivity index (χ3n) is 3.03. The second-order valence-electron chi connectivity index (χ2n) is 6.17. The number of H-pyrrole nitrogens is 1. The molecule has 21 heavy (non-hydrogen) atoms. The van der Waals surface area contributed by atoms with Gasteiger partial charge < -0.3 is 10.2 Å². The zero-order valence-electron chi connectivity index (χ0n) is 13.1. The highest BCUT2D eigenvalue weighted by molar-refractivity contribution is 5.61. The van der Waals surface area contributed by atoms with Crippen molar-refractivity contribution < 1.29 is 0 Å². The van der Waals surface area contributed by atoms with E-state index in [4.69, 9.17) is 0 Å². The Morgan fingerprint density at radius 2 is 1.90 bits per heavy atom. The molecule has 1 heterocycles. The molecule has 0 aliphatic carbocycles. The molecule has 0 bridgehead atoms. The summed E-state index contributed by atoms with van der Waals surface area (Å²) in [5, 5.41) is 11.1. The Hall–Kier alpha value is -2.37. The number of aromatic nitrogens is 3. The number of hydrogen-bond acceptors (Lipinski definition) is 5.